The van der Waals surface area contributed by atoms with Gasteiger partial charge in [-0.2, -0.15) is 5.10 Å². The first kappa shape index (κ1) is 20.4. The lowest BCUT2D eigenvalue weighted by Gasteiger charge is -2.26. The molecule has 0 saturated carbocycles. The van der Waals surface area contributed by atoms with Crippen LogP contribution in [-0.2, 0) is 10.3 Å². The van der Waals surface area contributed by atoms with Gasteiger partial charge < -0.3 is 9.64 Å². The van der Waals surface area contributed by atoms with Crippen molar-refractivity contribution >= 4 is 5.91 Å². The number of carbonyl (C=O) groups excluding carboxylic acids is 1. The first-order valence-electron chi connectivity index (χ1n) is 10.5. The minimum Gasteiger partial charge on any atom is -0.372 e. The Morgan fingerprint density at radius 2 is 1.70 bits per heavy atom. The van der Waals surface area contributed by atoms with Crippen molar-refractivity contribution in [2.75, 3.05) is 19.7 Å². The number of benzene rings is 2. The highest BCUT2D eigenvalue weighted by Gasteiger charge is 2.30. The van der Waals surface area contributed by atoms with E-state index in [-0.39, 0.29) is 17.6 Å². The van der Waals surface area contributed by atoms with Gasteiger partial charge in [-0.15, -0.1) is 0 Å². The maximum atomic E-state index is 13.7. The van der Waals surface area contributed by atoms with Gasteiger partial charge in [0.05, 0.1) is 29.5 Å². The van der Waals surface area contributed by atoms with Gasteiger partial charge in [0.2, 0.25) is 0 Å². The lowest BCUT2D eigenvalue weighted by atomic mass is 10.0. The maximum absolute atomic E-state index is 13.7. The summed E-state index contributed by atoms with van der Waals surface area (Å²) in [6, 6.07) is 20.2. The van der Waals surface area contributed by atoms with Crippen molar-refractivity contribution in [3.05, 3.63) is 78.0 Å². The molecule has 1 saturated heterocycles. The minimum atomic E-state index is -0.238. The van der Waals surface area contributed by atoms with Crippen LogP contribution in [0.3, 0.4) is 0 Å². The third kappa shape index (κ3) is 4.17. The van der Waals surface area contributed by atoms with E-state index in [0.717, 1.165) is 23.2 Å². The van der Waals surface area contributed by atoms with Gasteiger partial charge in [0.25, 0.3) is 5.91 Å². The van der Waals surface area contributed by atoms with Crippen molar-refractivity contribution in [1.82, 2.24) is 14.7 Å². The average molecular weight is 404 g/mol. The molecule has 5 heteroatoms. The Bertz CT molecular complexity index is 990. The highest BCUT2D eigenvalue weighted by molar-refractivity contribution is 6.00. The standard InChI is InChI=1S/C25H29N3O2/c1-25(2,3)28-23(20-13-8-5-9-14-20)21(17-26-28)24(29)27-15-10-16-30-22(18-27)19-11-6-4-7-12-19/h4-9,11-14,17,22H,10,15-16,18H2,1-3H3. The van der Waals surface area contributed by atoms with Gasteiger partial charge in [-0.3, -0.25) is 9.48 Å². The fraction of sp³-hybridized carbons (Fsp3) is 0.360. The van der Waals surface area contributed by atoms with Gasteiger partial charge in [-0.1, -0.05) is 60.7 Å². The Morgan fingerprint density at radius 3 is 2.37 bits per heavy atom. The van der Waals surface area contributed by atoms with Crippen LogP contribution < -0.4 is 0 Å². The summed E-state index contributed by atoms with van der Waals surface area (Å²) in [5, 5.41) is 4.62. The van der Waals surface area contributed by atoms with Crippen molar-refractivity contribution < 1.29 is 9.53 Å². The lowest BCUT2D eigenvalue weighted by molar-refractivity contribution is 0.0472. The third-order valence-corrected chi connectivity index (χ3v) is 5.42. The molecule has 2 aromatic carbocycles. The largest absolute Gasteiger partial charge is 0.372 e. The van der Waals surface area contributed by atoms with E-state index in [1.807, 2.05) is 58.1 Å². The predicted molar refractivity (Wildman–Crippen MR) is 118 cm³/mol. The smallest absolute Gasteiger partial charge is 0.257 e. The second kappa shape index (κ2) is 8.44. The summed E-state index contributed by atoms with van der Waals surface area (Å²) in [6.07, 6.45) is 2.43. The second-order valence-electron chi connectivity index (χ2n) is 8.73. The molecule has 30 heavy (non-hydrogen) atoms. The van der Waals surface area contributed by atoms with Gasteiger partial charge >= 0.3 is 0 Å². The molecule has 1 aliphatic rings. The van der Waals surface area contributed by atoms with E-state index in [4.69, 9.17) is 4.74 Å². The number of ether oxygens (including phenoxy) is 1. The van der Waals surface area contributed by atoms with E-state index >= 15 is 0 Å². The van der Waals surface area contributed by atoms with Gasteiger partial charge in [0.15, 0.2) is 0 Å². The summed E-state index contributed by atoms with van der Waals surface area (Å²) in [6.45, 7) is 8.18. The molecule has 1 atom stereocenters. The van der Waals surface area contributed by atoms with Crippen LogP contribution in [0.2, 0.25) is 0 Å². The molecule has 1 fully saturated rings. The van der Waals surface area contributed by atoms with E-state index < -0.39 is 0 Å². The van der Waals surface area contributed by atoms with Crippen LogP contribution in [0.4, 0.5) is 0 Å². The third-order valence-electron chi connectivity index (χ3n) is 5.42. The van der Waals surface area contributed by atoms with Gasteiger partial charge in [-0.05, 0) is 32.8 Å². The summed E-state index contributed by atoms with van der Waals surface area (Å²) in [7, 11) is 0. The molecule has 0 bridgehead atoms. The Kier molecular flexibility index (Phi) is 5.73. The number of nitrogens with zero attached hydrogens (tertiary/aromatic N) is 3. The zero-order chi connectivity index (χ0) is 21.1. The highest BCUT2D eigenvalue weighted by Crippen LogP contribution is 2.31. The van der Waals surface area contributed by atoms with E-state index in [1.54, 1.807) is 6.20 Å². The predicted octanol–water partition coefficient (Wildman–Crippen LogP) is 4.91. The quantitative estimate of drug-likeness (QED) is 0.624. The summed E-state index contributed by atoms with van der Waals surface area (Å²) in [5.41, 5.74) is 3.38. The minimum absolute atomic E-state index is 0.00999. The summed E-state index contributed by atoms with van der Waals surface area (Å²) in [5.74, 6) is 0.00999. The Morgan fingerprint density at radius 1 is 1.03 bits per heavy atom. The Labute approximate surface area is 178 Å². The molecule has 1 aliphatic heterocycles. The van der Waals surface area contributed by atoms with E-state index in [0.29, 0.717) is 25.3 Å². The summed E-state index contributed by atoms with van der Waals surface area (Å²) < 4.78 is 8.02. The molecule has 0 N–H and O–H groups in total. The Balaban J connectivity index is 1.70. The average Bonchev–Trinajstić information content (AvgIpc) is 3.06. The molecule has 5 nitrogen and oxygen atoms in total. The van der Waals surface area contributed by atoms with E-state index in [9.17, 15) is 4.79 Å². The number of hydrogen-bond donors (Lipinski definition) is 0. The lowest BCUT2D eigenvalue weighted by Crippen LogP contribution is -2.34. The van der Waals surface area contributed by atoms with Crippen LogP contribution >= 0.6 is 0 Å². The van der Waals surface area contributed by atoms with Crippen LogP contribution in [0.15, 0.2) is 66.9 Å². The fourth-order valence-electron chi connectivity index (χ4n) is 3.94. The van der Waals surface area contributed by atoms with Crippen molar-refractivity contribution in [3.8, 4) is 11.3 Å². The SMILES string of the molecule is CC(C)(C)n1ncc(C(=O)N2CCCOC(c3ccccc3)C2)c1-c1ccccc1. The second-order valence-corrected chi connectivity index (χ2v) is 8.73. The molecule has 1 aromatic heterocycles. The summed E-state index contributed by atoms with van der Waals surface area (Å²) in [4.78, 5) is 15.6. The first-order chi connectivity index (χ1) is 14.4. The molecule has 0 spiro atoms. The van der Waals surface area contributed by atoms with E-state index in [2.05, 4.69) is 38.0 Å². The molecule has 0 aliphatic carbocycles. The number of rotatable bonds is 3. The molecule has 156 valence electrons. The molecule has 3 aromatic rings. The molecule has 0 radical (unpaired) electrons. The molecule has 4 rings (SSSR count). The number of hydrogen-bond acceptors (Lipinski definition) is 3. The highest BCUT2D eigenvalue weighted by atomic mass is 16.5. The summed E-state index contributed by atoms with van der Waals surface area (Å²) >= 11 is 0. The molecular weight excluding hydrogens is 374 g/mol. The molecular formula is C25H29N3O2. The van der Waals surface area contributed by atoms with Crippen LogP contribution in [0.5, 0.6) is 0 Å². The van der Waals surface area contributed by atoms with Crippen LogP contribution in [0, 0.1) is 0 Å². The topological polar surface area (TPSA) is 47.4 Å². The molecule has 1 unspecified atom stereocenters. The first-order valence-corrected chi connectivity index (χ1v) is 10.5. The van der Waals surface area contributed by atoms with Crippen molar-refractivity contribution in [2.24, 2.45) is 0 Å². The van der Waals surface area contributed by atoms with Gasteiger partial charge in [0, 0.05) is 18.7 Å². The number of amides is 1. The molecule has 1 amide bonds. The van der Waals surface area contributed by atoms with Crippen molar-refractivity contribution in [2.45, 2.75) is 38.8 Å². The van der Waals surface area contributed by atoms with Gasteiger partial charge in [-0.25, -0.2) is 0 Å². The van der Waals surface area contributed by atoms with Crippen LogP contribution in [0.25, 0.3) is 11.3 Å². The number of aromatic nitrogens is 2. The zero-order valence-electron chi connectivity index (χ0n) is 17.9. The van der Waals surface area contributed by atoms with E-state index in [1.165, 1.54) is 0 Å². The Hall–Kier alpha value is -2.92. The fourth-order valence-corrected chi connectivity index (χ4v) is 3.94. The number of carbonyl (C=O) groups is 1. The zero-order valence-corrected chi connectivity index (χ0v) is 17.9. The van der Waals surface area contributed by atoms with Crippen molar-refractivity contribution in [1.29, 1.82) is 0 Å². The monoisotopic (exact) mass is 403 g/mol. The normalized spacial score (nSPS) is 17.6. The molecule has 2 heterocycles. The van der Waals surface area contributed by atoms with Crippen LogP contribution in [-0.4, -0.2) is 40.3 Å². The van der Waals surface area contributed by atoms with Crippen LogP contribution in [0.1, 0.15) is 49.2 Å². The van der Waals surface area contributed by atoms with Gasteiger partial charge in [0.1, 0.15) is 6.10 Å². The van der Waals surface area contributed by atoms with Crippen molar-refractivity contribution in [3.63, 3.8) is 0 Å². The maximum Gasteiger partial charge on any atom is 0.257 e.